The van der Waals surface area contributed by atoms with Crippen molar-refractivity contribution in [1.82, 2.24) is 0 Å². The summed E-state index contributed by atoms with van der Waals surface area (Å²) in [5, 5.41) is 0. The Morgan fingerprint density at radius 1 is 1.55 bits per heavy atom. The maximum atomic E-state index is 10.7. The van der Waals surface area contributed by atoms with Crippen molar-refractivity contribution in [2.24, 2.45) is 0 Å². The molecule has 0 aliphatic heterocycles. The lowest BCUT2D eigenvalue weighted by atomic mass is 10.4. The summed E-state index contributed by atoms with van der Waals surface area (Å²) < 4.78 is 8.82. The normalized spacial score (nSPS) is 9.18. The van der Waals surface area contributed by atoms with Crippen LogP contribution in [0.4, 0.5) is 0 Å². The first-order chi connectivity index (χ1) is 5.24. The smallest absolute Gasteiger partial charge is 0.374 e. The summed E-state index contributed by atoms with van der Waals surface area (Å²) in [7, 11) is 1.22. The molecule has 0 saturated carbocycles. The third-order valence-electron chi connectivity index (χ3n) is 1.08. The van der Waals surface area contributed by atoms with E-state index >= 15 is 0 Å². The summed E-state index contributed by atoms with van der Waals surface area (Å²) in [5.41, 5.74) is -0.562. The molecule has 0 aliphatic rings. The Morgan fingerprint density at radius 2 is 2.27 bits per heavy atom. The molecule has 1 aromatic rings. The summed E-state index contributed by atoms with van der Waals surface area (Å²) in [6.45, 7) is 0. The molecule has 1 heterocycles. The van der Waals surface area contributed by atoms with Crippen LogP contribution < -0.4 is 5.63 Å². The first kappa shape index (κ1) is 7.53. The maximum Gasteiger partial charge on any atom is 0.374 e. The molecule has 1 aromatic heterocycles. The molecule has 0 aliphatic carbocycles. The average Bonchev–Trinajstić information content (AvgIpc) is 2.03. The van der Waals surface area contributed by atoms with Gasteiger partial charge in [0.05, 0.1) is 7.11 Å². The van der Waals surface area contributed by atoms with Gasteiger partial charge in [-0.2, -0.15) is 0 Å². The second-order valence-corrected chi connectivity index (χ2v) is 1.80. The second kappa shape index (κ2) is 3.01. The molecule has 0 aromatic carbocycles. The minimum absolute atomic E-state index is 0.0833. The van der Waals surface area contributed by atoms with Gasteiger partial charge in [-0.05, 0) is 6.07 Å². The van der Waals surface area contributed by atoms with Gasteiger partial charge in [-0.25, -0.2) is 9.59 Å². The average molecular weight is 154 g/mol. The highest BCUT2D eigenvalue weighted by Crippen LogP contribution is 1.95. The fourth-order valence-corrected chi connectivity index (χ4v) is 0.601. The molecular formula is C7H6O4. The van der Waals surface area contributed by atoms with E-state index in [2.05, 4.69) is 9.15 Å². The van der Waals surface area contributed by atoms with Crippen LogP contribution >= 0.6 is 0 Å². The van der Waals surface area contributed by atoms with Crippen molar-refractivity contribution in [3.8, 4) is 0 Å². The number of hydrogen-bond donors (Lipinski definition) is 0. The third-order valence-corrected chi connectivity index (χ3v) is 1.08. The van der Waals surface area contributed by atoms with Gasteiger partial charge < -0.3 is 9.15 Å². The predicted octanol–water partition coefficient (Wildman–Crippen LogP) is 0.426. The van der Waals surface area contributed by atoms with E-state index in [4.69, 9.17) is 0 Å². The van der Waals surface area contributed by atoms with Crippen LogP contribution in [-0.4, -0.2) is 13.1 Å². The summed E-state index contributed by atoms with van der Waals surface area (Å²) in [5.74, 6) is -0.734. The van der Waals surface area contributed by atoms with E-state index in [1.54, 1.807) is 0 Å². The summed E-state index contributed by atoms with van der Waals surface area (Å²) in [6.07, 6.45) is 0. The van der Waals surface area contributed by atoms with Gasteiger partial charge in [0, 0.05) is 6.07 Å². The number of carbonyl (C=O) groups excluding carboxylic acids is 1. The summed E-state index contributed by atoms with van der Waals surface area (Å²) in [4.78, 5) is 21.2. The molecule has 0 fully saturated rings. The van der Waals surface area contributed by atoms with Gasteiger partial charge in [0.1, 0.15) is 0 Å². The molecule has 0 unspecified atom stereocenters. The molecule has 0 atom stereocenters. The topological polar surface area (TPSA) is 56.5 Å². The van der Waals surface area contributed by atoms with Crippen molar-refractivity contribution < 1.29 is 13.9 Å². The highest BCUT2D eigenvalue weighted by molar-refractivity contribution is 5.85. The van der Waals surface area contributed by atoms with E-state index < -0.39 is 11.6 Å². The molecule has 1 rings (SSSR count). The number of rotatable bonds is 1. The van der Waals surface area contributed by atoms with Gasteiger partial charge >= 0.3 is 11.6 Å². The number of esters is 1. The van der Waals surface area contributed by atoms with Crippen molar-refractivity contribution in [3.63, 3.8) is 0 Å². The van der Waals surface area contributed by atoms with E-state index in [0.29, 0.717) is 0 Å². The van der Waals surface area contributed by atoms with Crippen molar-refractivity contribution in [2.45, 2.75) is 0 Å². The lowest BCUT2D eigenvalue weighted by molar-refractivity contribution is 0.0559. The zero-order valence-corrected chi connectivity index (χ0v) is 5.87. The SMILES string of the molecule is COC(=O)c1cccc(=O)o1. The molecule has 0 radical (unpaired) electrons. The Kier molecular flexibility index (Phi) is 2.06. The Bertz CT molecular complexity index is 312. The molecule has 58 valence electrons. The first-order valence-corrected chi connectivity index (χ1v) is 2.92. The number of methoxy groups -OCH3 is 1. The van der Waals surface area contributed by atoms with Crippen LogP contribution in [0.3, 0.4) is 0 Å². The lowest BCUT2D eigenvalue weighted by Gasteiger charge is -1.94. The van der Waals surface area contributed by atoms with Gasteiger partial charge in [0.15, 0.2) is 0 Å². The van der Waals surface area contributed by atoms with Gasteiger partial charge in [0.2, 0.25) is 5.76 Å². The largest absolute Gasteiger partial charge is 0.463 e. The highest BCUT2D eigenvalue weighted by atomic mass is 16.5. The van der Waals surface area contributed by atoms with Gasteiger partial charge in [-0.1, -0.05) is 6.07 Å². The number of hydrogen-bond acceptors (Lipinski definition) is 4. The van der Waals surface area contributed by atoms with Crippen molar-refractivity contribution in [3.05, 3.63) is 34.4 Å². The molecule has 4 nitrogen and oxygen atoms in total. The molecule has 0 bridgehead atoms. The third kappa shape index (κ3) is 1.67. The number of carbonyl (C=O) groups is 1. The first-order valence-electron chi connectivity index (χ1n) is 2.92. The molecule has 0 spiro atoms. The second-order valence-electron chi connectivity index (χ2n) is 1.80. The fraction of sp³-hybridized carbons (Fsp3) is 0.143. The van der Waals surface area contributed by atoms with Gasteiger partial charge in [-0.3, -0.25) is 0 Å². The standard InChI is InChI=1S/C7H6O4/c1-10-7(9)5-3-2-4-6(8)11-5/h2-4H,1H3. The minimum atomic E-state index is -0.650. The van der Waals surface area contributed by atoms with Crippen LogP contribution in [0.5, 0.6) is 0 Å². The summed E-state index contributed by atoms with van der Waals surface area (Å²) in [6, 6.07) is 4.01. The van der Waals surface area contributed by atoms with Crippen molar-refractivity contribution in [2.75, 3.05) is 7.11 Å². The van der Waals surface area contributed by atoms with Crippen LogP contribution in [0.2, 0.25) is 0 Å². The Balaban J connectivity index is 3.05. The van der Waals surface area contributed by atoms with Gasteiger partial charge in [0.25, 0.3) is 0 Å². The van der Waals surface area contributed by atoms with Crippen LogP contribution in [0.25, 0.3) is 0 Å². The maximum absolute atomic E-state index is 10.7. The van der Waals surface area contributed by atoms with E-state index in [0.717, 1.165) is 0 Å². The van der Waals surface area contributed by atoms with Gasteiger partial charge in [-0.15, -0.1) is 0 Å². The lowest BCUT2D eigenvalue weighted by Crippen LogP contribution is -2.05. The molecular weight excluding hydrogens is 148 g/mol. The van der Waals surface area contributed by atoms with Crippen LogP contribution in [-0.2, 0) is 4.74 Å². The molecule has 0 amide bonds. The number of ether oxygens (including phenoxy) is 1. The van der Waals surface area contributed by atoms with Crippen molar-refractivity contribution >= 4 is 5.97 Å². The molecule has 4 heteroatoms. The summed E-state index contributed by atoms with van der Waals surface area (Å²) >= 11 is 0. The van der Waals surface area contributed by atoms with E-state index in [1.165, 1.54) is 25.3 Å². The molecule has 0 saturated heterocycles. The molecule has 11 heavy (non-hydrogen) atoms. The fourth-order valence-electron chi connectivity index (χ4n) is 0.601. The van der Waals surface area contributed by atoms with Crippen LogP contribution in [0.15, 0.2) is 27.4 Å². The van der Waals surface area contributed by atoms with Crippen molar-refractivity contribution in [1.29, 1.82) is 0 Å². The minimum Gasteiger partial charge on any atom is -0.463 e. The Hall–Kier alpha value is -1.58. The molecule has 0 N–H and O–H groups in total. The zero-order valence-electron chi connectivity index (χ0n) is 5.87. The van der Waals surface area contributed by atoms with E-state index in [-0.39, 0.29) is 5.76 Å². The van der Waals surface area contributed by atoms with E-state index in [1.807, 2.05) is 0 Å². The van der Waals surface area contributed by atoms with Crippen LogP contribution in [0, 0.1) is 0 Å². The monoisotopic (exact) mass is 154 g/mol. The van der Waals surface area contributed by atoms with Crippen LogP contribution in [0.1, 0.15) is 10.6 Å². The predicted molar refractivity (Wildman–Crippen MR) is 36.3 cm³/mol. The van der Waals surface area contributed by atoms with E-state index in [9.17, 15) is 9.59 Å². The zero-order chi connectivity index (χ0) is 8.27. The highest BCUT2D eigenvalue weighted by Gasteiger charge is 2.06. The quantitative estimate of drug-likeness (QED) is 0.550. The Morgan fingerprint density at radius 3 is 2.82 bits per heavy atom. The Labute approximate surface area is 62.4 Å².